The summed E-state index contributed by atoms with van der Waals surface area (Å²) in [5.41, 5.74) is 0.125. The molecule has 0 aromatic heterocycles. The lowest BCUT2D eigenvalue weighted by molar-refractivity contribution is -0.140. The van der Waals surface area contributed by atoms with Crippen molar-refractivity contribution < 1.29 is 29.4 Å². The number of carbonyl (C=O) groups is 4. The summed E-state index contributed by atoms with van der Waals surface area (Å²) >= 11 is 0. The minimum absolute atomic E-state index is 0.00806. The molecule has 30 heavy (non-hydrogen) atoms. The molecule has 2 rings (SSSR count). The molecular weight excluding hydrogens is 392 g/mol. The van der Waals surface area contributed by atoms with Gasteiger partial charge in [-0.15, -0.1) is 0 Å². The summed E-state index contributed by atoms with van der Waals surface area (Å²) in [5, 5.41) is 17.2. The van der Waals surface area contributed by atoms with E-state index >= 15 is 0 Å². The first-order valence-electron chi connectivity index (χ1n) is 9.30. The molecule has 1 unspecified atom stereocenters. The lowest BCUT2D eigenvalue weighted by Crippen LogP contribution is -2.62. The van der Waals surface area contributed by atoms with E-state index < -0.39 is 5.54 Å². The van der Waals surface area contributed by atoms with Crippen molar-refractivity contribution in [2.24, 2.45) is 0 Å². The third kappa shape index (κ3) is 8.91. The number of anilines is 1. The van der Waals surface area contributed by atoms with Crippen LogP contribution in [-0.4, -0.2) is 103 Å². The summed E-state index contributed by atoms with van der Waals surface area (Å²) in [6.07, 6.45) is 1.52. The molecule has 1 aliphatic rings. The molecule has 3 N–H and O–H groups in total. The fourth-order valence-corrected chi connectivity index (χ4v) is 3.19. The maximum absolute atomic E-state index is 12.9. The number of hydrogen-bond donors (Lipinski definition) is 3. The van der Waals surface area contributed by atoms with Crippen LogP contribution in [0.15, 0.2) is 30.3 Å². The predicted octanol–water partition coefficient (Wildman–Crippen LogP) is 0.511. The number of carbonyl (C=O) groups excluding carboxylic acids is 2. The van der Waals surface area contributed by atoms with E-state index in [0.29, 0.717) is 26.1 Å². The Morgan fingerprint density at radius 3 is 2.10 bits per heavy atom. The van der Waals surface area contributed by atoms with Crippen molar-refractivity contribution in [2.75, 3.05) is 53.1 Å². The summed E-state index contributed by atoms with van der Waals surface area (Å²) in [6, 6.07) is 9.72. The molecule has 10 nitrogen and oxygen atoms in total. The van der Waals surface area contributed by atoms with E-state index in [2.05, 4.69) is 5.32 Å². The minimum Gasteiger partial charge on any atom is -0.483 e. The van der Waals surface area contributed by atoms with Gasteiger partial charge in [0.05, 0.1) is 13.1 Å². The van der Waals surface area contributed by atoms with Crippen molar-refractivity contribution in [3.05, 3.63) is 30.3 Å². The number of likely N-dealkylation sites (tertiary alicyclic amines) is 1. The van der Waals surface area contributed by atoms with E-state index in [9.17, 15) is 9.59 Å². The maximum Gasteiger partial charge on any atom is 0.290 e. The Hall–Kier alpha value is -3.14. The number of likely N-dealkylation sites (N-methyl/N-ethyl adjacent to an activating group) is 2. The van der Waals surface area contributed by atoms with Crippen LogP contribution in [0.4, 0.5) is 5.69 Å². The van der Waals surface area contributed by atoms with Gasteiger partial charge in [0, 0.05) is 26.3 Å². The number of amides is 2. The van der Waals surface area contributed by atoms with Crippen LogP contribution >= 0.6 is 0 Å². The van der Waals surface area contributed by atoms with Crippen LogP contribution in [0.2, 0.25) is 0 Å². The third-order valence-electron chi connectivity index (χ3n) is 4.27. The van der Waals surface area contributed by atoms with E-state index in [1.807, 2.05) is 49.3 Å². The fourth-order valence-electron chi connectivity index (χ4n) is 3.19. The number of para-hydroxylation sites is 1. The highest BCUT2D eigenvalue weighted by atomic mass is 16.3. The third-order valence-corrected chi connectivity index (χ3v) is 4.27. The standard InChI is InChI=1S/C18H28N4O2.2CH2O2/c1-20(2)13-16(23)22-12-8-11-18(14-22,17(24)21(3)4)19-15-9-6-5-7-10-15;2*2-1-3/h5-7,9-10,19H,8,11-14H2,1-4H3;2*1H,(H,2,3). The molecule has 0 radical (unpaired) electrons. The molecule has 2 amide bonds. The monoisotopic (exact) mass is 424 g/mol. The molecule has 1 heterocycles. The van der Waals surface area contributed by atoms with Gasteiger partial charge in [0.15, 0.2) is 0 Å². The second kappa shape index (κ2) is 13.9. The van der Waals surface area contributed by atoms with E-state index in [1.54, 1.807) is 23.9 Å². The van der Waals surface area contributed by atoms with E-state index in [0.717, 1.165) is 12.1 Å². The Labute approximate surface area is 177 Å². The van der Waals surface area contributed by atoms with Crippen molar-refractivity contribution in [1.82, 2.24) is 14.7 Å². The highest BCUT2D eigenvalue weighted by molar-refractivity contribution is 5.91. The van der Waals surface area contributed by atoms with E-state index in [4.69, 9.17) is 19.8 Å². The van der Waals surface area contributed by atoms with Gasteiger partial charge in [0.2, 0.25) is 11.8 Å². The van der Waals surface area contributed by atoms with Crippen molar-refractivity contribution in [3.63, 3.8) is 0 Å². The molecule has 1 aromatic rings. The van der Waals surface area contributed by atoms with Gasteiger partial charge in [-0.05, 0) is 39.1 Å². The van der Waals surface area contributed by atoms with Crippen molar-refractivity contribution in [1.29, 1.82) is 0 Å². The average molecular weight is 424 g/mol. The smallest absolute Gasteiger partial charge is 0.290 e. The zero-order chi connectivity index (χ0) is 23.2. The first-order valence-corrected chi connectivity index (χ1v) is 9.30. The number of carboxylic acid groups (broad SMARTS) is 2. The number of nitrogens with zero attached hydrogens (tertiary/aromatic N) is 3. The van der Waals surface area contributed by atoms with Gasteiger partial charge in [-0.2, -0.15) is 0 Å². The van der Waals surface area contributed by atoms with Gasteiger partial charge in [-0.1, -0.05) is 18.2 Å². The molecule has 0 aliphatic carbocycles. The van der Waals surface area contributed by atoms with Crippen LogP contribution in [-0.2, 0) is 19.2 Å². The Morgan fingerprint density at radius 2 is 1.63 bits per heavy atom. The Balaban J connectivity index is 0.00000125. The second-order valence-corrected chi connectivity index (χ2v) is 7.14. The van der Waals surface area contributed by atoms with Gasteiger partial charge in [0.25, 0.3) is 12.9 Å². The van der Waals surface area contributed by atoms with Crippen molar-refractivity contribution in [3.8, 4) is 0 Å². The van der Waals surface area contributed by atoms with Crippen molar-refractivity contribution in [2.45, 2.75) is 18.4 Å². The quantitative estimate of drug-likeness (QED) is 0.583. The summed E-state index contributed by atoms with van der Waals surface area (Å²) < 4.78 is 0. The van der Waals surface area contributed by atoms with Gasteiger partial charge in [0.1, 0.15) is 5.54 Å². The SMILES string of the molecule is CN(C)CC(=O)N1CCCC(Nc2ccccc2)(C(=O)N(C)C)C1.O=CO.O=CO. The summed E-state index contributed by atoms with van der Waals surface area (Å²) in [5.74, 6) is 0.0687. The zero-order valence-corrected chi connectivity index (χ0v) is 17.9. The van der Waals surface area contributed by atoms with E-state index in [-0.39, 0.29) is 24.8 Å². The maximum atomic E-state index is 12.9. The summed E-state index contributed by atoms with van der Waals surface area (Å²) in [4.78, 5) is 47.4. The Kier molecular flexibility index (Phi) is 12.5. The highest BCUT2D eigenvalue weighted by Crippen LogP contribution is 2.28. The number of nitrogens with one attached hydrogen (secondary N) is 1. The summed E-state index contributed by atoms with van der Waals surface area (Å²) in [7, 11) is 7.28. The number of rotatable bonds is 5. The lowest BCUT2D eigenvalue weighted by atomic mass is 9.87. The van der Waals surface area contributed by atoms with Crippen LogP contribution in [0, 0.1) is 0 Å². The Bertz CT molecular complexity index is 663. The number of benzene rings is 1. The van der Waals surface area contributed by atoms with Crippen LogP contribution in [0.5, 0.6) is 0 Å². The minimum atomic E-state index is -0.773. The summed E-state index contributed by atoms with van der Waals surface area (Å²) in [6.45, 7) is 0.953. The van der Waals surface area contributed by atoms with Gasteiger partial charge < -0.3 is 30.2 Å². The van der Waals surface area contributed by atoms with Gasteiger partial charge in [-0.3, -0.25) is 19.2 Å². The average Bonchev–Trinajstić information content (AvgIpc) is 2.69. The molecule has 1 saturated heterocycles. The van der Waals surface area contributed by atoms with E-state index in [1.165, 1.54) is 0 Å². The number of piperidine rings is 1. The molecule has 168 valence electrons. The first kappa shape index (κ1) is 26.9. The van der Waals surface area contributed by atoms with Gasteiger partial charge >= 0.3 is 0 Å². The second-order valence-electron chi connectivity index (χ2n) is 7.14. The fraction of sp³-hybridized carbons (Fsp3) is 0.500. The normalized spacial score (nSPS) is 17.4. The number of hydrogen-bond acceptors (Lipinski definition) is 6. The molecule has 1 atom stereocenters. The van der Waals surface area contributed by atoms with Crippen LogP contribution in [0.3, 0.4) is 0 Å². The first-order chi connectivity index (χ1) is 14.2. The highest BCUT2D eigenvalue weighted by Gasteiger charge is 2.44. The molecule has 10 heteroatoms. The molecule has 1 aliphatic heterocycles. The molecule has 1 fully saturated rings. The molecule has 1 aromatic carbocycles. The lowest BCUT2D eigenvalue weighted by Gasteiger charge is -2.44. The van der Waals surface area contributed by atoms with Gasteiger partial charge in [-0.25, -0.2) is 0 Å². The molecular formula is C20H32N4O6. The predicted molar refractivity (Wildman–Crippen MR) is 113 cm³/mol. The van der Waals surface area contributed by atoms with Crippen LogP contribution in [0.25, 0.3) is 0 Å². The molecule has 0 spiro atoms. The van der Waals surface area contributed by atoms with Crippen LogP contribution in [0.1, 0.15) is 12.8 Å². The van der Waals surface area contributed by atoms with Crippen molar-refractivity contribution >= 4 is 30.4 Å². The largest absolute Gasteiger partial charge is 0.483 e. The molecule has 0 saturated carbocycles. The zero-order valence-electron chi connectivity index (χ0n) is 17.9. The Morgan fingerprint density at radius 1 is 1.10 bits per heavy atom. The molecule has 0 bridgehead atoms. The topological polar surface area (TPSA) is 130 Å². The van der Waals surface area contributed by atoms with Crippen LogP contribution < -0.4 is 5.32 Å².